The minimum Gasteiger partial charge on any atom is -0.318 e. The van der Waals surface area contributed by atoms with Crippen molar-refractivity contribution in [2.75, 3.05) is 5.32 Å². The molecule has 10 heteroatoms. The van der Waals surface area contributed by atoms with Crippen LogP contribution in [0.3, 0.4) is 0 Å². The van der Waals surface area contributed by atoms with E-state index in [0.717, 1.165) is 10.0 Å². The normalized spacial score (nSPS) is 10.9. The fourth-order valence-corrected chi connectivity index (χ4v) is 3.31. The van der Waals surface area contributed by atoms with Gasteiger partial charge in [0, 0.05) is 17.1 Å². The molecule has 152 valence electrons. The highest BCUT2D eigenvalue weighted by Crippen LogP contribution is 2.17. The lowest BCUT2D eigenvalue weighted by Crippen LogP contribution is -2.25. The second kappa shape index (κ2) is 8.07. The summed E-state index contributed by atoms with van der Waals surface area (Å²) in [6, 6.07) is 16.7. The van der Waals surface area contributed by atoms with E-state index in [1.165, 1.54) is 9.48 Å². The van der Waals surface area contributed by atoms with Crippen LogP contribution in [0.25, 0.3) is 17.1 Å². The maximum atomic E-state index is 12.9. The van der Waals surface area contributed by atoms with Crippen molar-refractivity contribution >= 4 is 27.5 Å². The predicted octanol–water partition coefficient (Wildman–Crippen LogP) is 2.54. The molecule has 0 fully saturated rings. The molecule has 0 saturated carbocycles. The van der Waals surface area contributed by atoms with Crippen LogP contribution in [0.1, 0.15) is 5.69 Å². The number of amides is 1. The molecule has 0 atom stereocenters. The summed E-state index contributed by atoms with van der Waals surface area (Å²) in [5, 5.41) is 14.8. The second-order valence-corrected chi connectivity index (χ2v) is 7.55. The van der Waals surface area contributed by atoms with Crippen molar-refractivity contribution in [3.63, 3.8) is 0 Å². The Balaban J connectivity index is 1.53. The van der Waals surface area contributed by atoms with Crippen LogP contribution in [-0.2, 0) is 18.4 Å². The van der Waals surface area contributed by atoms with E-state index < -0.39 is 5.91 Å². The van der Waals surface area contributed by atoms with E-state index in [1.807, 2.05) is 54.6 Å². The Morgan fingerprint density at radius 2 is 1.80 bits per heavy atom. The van der Waals surface area contributed by atoms with Crippen LogP contribution < -0.4 is 10.9 Å². The van der Waals surface area contributed by atoms with Crippen LogP contribution in [0.15, 0.2) is 63.9 Å². The third-order valence-corrected chi connectivity index (χ3v) is 5.19. The Labute approximate surface area is 180 Å². The summed E-state index contributed by atoms with van der Waals surface area (Å²) in [7, 11) is 1.77. The molecule has 1 N–H and O–H groups in total. The summed E-state index contributed by atoms with van der Waals surface area (Å²) < 4.78 is 4.15. The molecule has 0 aliphatic carbocycles. The van der Waals surface area contributed by atoms with Crippen molar-refractivity contribution in [3.8, 4) is 17.1 Å². The molecule has 1 amide bonds. The van der Waals surface area contributed by atoms with Gasteiger partial charge in [-0.2, -0.15) is 4.80 Å². The second-order valence-electron chi connectivity index (χ2n) is 6.64. The molecule has 0 aliphatic rings. The first-order valence-electron chi connectivity index (χ1n) is 9.11. The number of anilines is 1. The number of carbonyl (C=O) groups is 1. The lowest BCUT2D eigenvalue weighted by Gasteiger charge is -2.07. The molecule has 4 aromatic rings. The van der Waals surface area contributed by atoms with Crippen molar-refractivity contribution in [1.82, 2.24) is 29.6 Å². The third kappa shape index (κ3) is 3.81. The monoisotopic (exact) mass is 467 g/mol. The van der Waals surface area contributed by atoms with E-state index in [1.54, 1.807) is 18.7 Å². The molecule has 0 bridgehead atoms. The number of nitrogens with one attached hydrogen (secondary N) is 1. The van der Waals surface area contributed by atoms with E-state index in [4.69, 9.17) is 0 Å². The van der Waals surface area contributed by atoms with Crippen LogP contribution in [0.2, 0.25) is 0 Å². The van der Waals surface area contributed by atoms with Crippen LogP contribution in [-0.4, -0.2) is 35.5 Å². The van der Waals surface area contributed by atoms with Crippen molar-refractivity contribution in [3.05, 3.63) is 75.1 Å². The molecular formula is C20H18BrN7O2. The maximum Gasteiger partial charge on any atom is 0.295 e. The largest absolute Gasteiger partial charge is 0.318 e. The molecule has 0 aliphatic heterocycles. The number of halogens is 1. The zero-order chi connectivity index (χ0) is 21.3. The summed E-state index contributed by atoms with van der Waals surface area (Å²) in [5.41, 5.74) is 2.05. The van der Waals surface area contributed by atoms with Crippen molar-refractivity contribution in [2.24, 2.45) is 7.05 Å². The van der Waals surface area contributed by atoms with Crippen molar-refractivity contribution < 1.29 is 4.79 Å². The number of aromatic nitrogens is 6. The first kappa shape index (κ1) is 19.8. The highest BCUT2D eigenvalue weighted by Gasteiger charge is 2.19. The summed E-state index contributed by atoms with van der Waals surface area (Å²) in [5.74, 6) is -0.00149. The average Bonchev–Trinajstić information content (AvgIpc) is 3.28. The highest BCUT2D eigenvalue weighted by molar-refractivity contribution is 9.10. The Morgan fingerprint density at radius 3 is 2.50 bits per heavy atom. The van der Waals surface area contributed by atoms with Gasteiger partial charge < -0.3 is 5.32 Å². The van der Waals surface area contributed by atoms with Crippen LogP contribution in [0.5, 0.6) is 0 Å². The van der Waals surface area contributed by atoms with Crippen LogP contribution in [0.4, 0.5) is 5.69 Å². The van der Waals surface area contributed by atoms with Gasteiger partial charge in [-0.15, -0.1) is 10.2 Å². The smallest absolute Gasteiger partial charge is 0.295 e. The maximum absolute atomic E-state index is 12.9. The fourth-order valence-electron chi connectivity index (χ4n) is 3.04. The standard InChI is InChI=1S/C20H18BrN7O2/c1-13-18(20(30)28(26(13)2)16-6-4-3-5-7-16)22-17(29)12-27-24-19(23-25-27)14-8-10-15(21)11-9-14/h3-11H,12H2,1-2H3,(H,22,29). The summed E-state index contributed by atoms with van der Waals surface area (Å²) >= 11 is 3.38. The molecular weight excluding hydrogens is 450 g/mol. The third-order valence-electron chi connectivity index (χ3n) is 4.66. The van der Waals surface area contributed by atoms with Gasteiger partial charge in [-0.3, -0.25) is 14.3 Å². The molecule has 30 heavy (non-hydrogen) atoms. The van der Waals surface area contributed by atoms with Gasteiger partial charge in [0.1, 0.15) is 12.2 Å². The van der Waals surface area contributed by atoms with Gasteiger partial charge >= 0.3 is 0 Å². The van der Waals surface area contributed by atoms with Gasteiger partial charge in [-0.05, 0) is 48.5 Å². The number of hydrogen-bond donors (Lipinski definition) is 1. The van der Waals surface area contributed by atoms with Crippen LogP contribution >= 0.6 is 15.9 Å². The van der Waals surface area contributed by atoms with Gasteiger partial charge in [0.2, 0.25) is 11.7 Å². The molecule has 0 spiro atoms. The molecule has 0 saturated heterocycles. The van der Waals surface area contributed by atoms with E-state index >= 15 is 0 Å². The lowest BCUT2D eigenvalue weighted by molar-refractivity contribution is -0.117. The Kier molecular flexibility index (Phi) is 5.32. The van der Waals surface area contributed by atoms with E-state index in [2.05, 4.69) is 36.7 Å². The molecule has 9 nitrogen and oxygen atoms in total. The molecule has 0 radical (unpaired) electrons. The summed E-state index contributed by atoms with van der Waals surface area (Å²) in [4.78, 5) is 26.6. The van der Waals surface area contributed by atoms with Crippen LogP contribution in [0, 0.1) is 6.92 Å². The lowest BCUT2D eigenvalue weighted by atomic mass is 10.2. The van der Waals surface area contributed by atoms with E-state index in [9.17, 15) is 9.59 Å². The minimum absolute atomic E-state index is 0.164. The Morgan fingerprint density at radius 1 is 1.10 bits per heavy atom. The molecule has 2 heterocycles. The fraction of sp³-hybridized carbons (Fsp3) is 0.150. The average molecular weight is 468 g/mol. The number of tetrazole rings is 1. The first-order valence-corrected chi connectivity index (χ1v) is 9.91. The quantitative estimate of drug-likeness (QED) is 0.486. The van der Waals surface area contributed by atoms with E-state index in [0.29, 0.717) is 17.2 Å². The number of carbonyl (C=O) groups excluding carboxylic acids is 1. The van der Waals surface area contributed by atoms with Gasteiger partial charge in [0.15, 0.2) is 0 Å². The zero-order valence-electron chi connectivity index (χ0n) is 16.3. The molecule has 2 aromatic carbocycles. The van der Waals surface area contributed by atoms with E-state index in [-0.39, 0.29) is 17.8 Å². The number of benzene rings is 2. The summed E-state index contributed by atoms with van der Waals surface area (Å²) in [6.07, 6.45) is 0. The Bertz CT molecular complexity index is 1260. The molecule has 4 rings (SSSR count). The predicted molar refractivity (Wildman–Crippen MR) is 115 cm³/mol. The van der Waals surface area contributed by atoms with Gasteiger partial charge in [-0.25, -0.2) is 4.68 Å². The molecule has 0 unspecified atom stereocenters. The summed E-state index contributed by atoms with van der Waals surface area (Å²) in [6.45, 7) is 1.61. The van der Waals surface area contributed by atoms with Gasteiger partial charge in [-0.1, -0.05) is 34.1 Å². The number of rotatable bonds is 5. The van der Waals surface area contributed by atoms with Gasteiger partial charge in [0.25, 0.3) is 5.56 Å². The Hall–Kier alpha value is -3.53. The topological polar surface area (TPSA) is 99.6 Å². The SMILES string of the molecule is Cc1c(NC(=O)Cn2nnc(-c3ccc(Br)cc3)n2)c(=O)n(-c2ccccc2)n1C. The van der Waals surface area contributed by atoms with Crippen molar-refractivity contribution in [1.29, 1.82) is 0 Å². The number of para-hydroxylation sites is 1. The van der Waals surface area contributed by atoms with Crippen molar-refractivity contribution in [2.45, 2.75) is 13.5 Å². The minimum atomic E-state index is -0.416. The first-order chi connectivity index (χ1) is 14.4. The number of hydrogen-bond acceptors (Lipinski definition) is 5. The highest BCUT2D eigenvalue weighted by atomic mass is 79.9. The molecule has 2 aromatic heterocycles. The zero-order valence-corrected chi connectivity index (χ0v) is 17.9. The number of nitrogens with zero attached hydrogens (tertiary/aromatic N) is 6. The van der Waals surface area contributed by atoms with Gasteiger partial charge in [0.05, 0.1) is 11.4 Å².